The van der Waals surface area contributed by atoms with Crippen molar-refractivity contribution in [3.05, 3.63) is 0 Å². The van der Waals surface area contributed by atoms with Gasteiger partial charge in [0.2, 0.25) is 5.91 Å². The van der Waals surface area contributed by atoms with Crippen LogP contribution in [0, 0.1) is 17.8 Å². The van der Waals surface area contributed by atoms with E-state index < -0.39 is 11.9 Å². The highest BCUT2D eigenvalue weighted by Gasteiger charge is 2.42. The van der Waals surface area contributed by atoms with E-state index in [4.69, 9.17) is 4.74 Å². The first-order valence-corrected chi connectivity index (χ1v) is 7.45. The summed E-state index contributed by atoms with van der Waals surface area (Å²) >= 11 is 0. The Balaban J connectivity index is 1.95. The summed E-state index contributed by atoms with van der Waals surface area (Å²) in [4.78, 5) is 23.6. The molecule has 5 nitrogen and oxygen atoms in total. The molecule has 20 heavy (non-hydrogen) atoms. The first-order valence-electron chi connectivity index (χ1n) is 7.45. The van der Waals surface area contributed by atoms with E-state index in [2.05, 4.69) is 5.32 Å². The highest BCUT2D eigenvalue weighted by molar-refractivity contribution is 5.85. The van der Waals surface area contributed by atoms with Gasteiger partial charge in [-0.2, -0.15) is 0 Å². The number of ether oxygens (including phenoxy) is 1. The minimum atomic E-state index is -0.846. The topological polar surface area (TPSA) is 75.6 Å². The van der Waals surface area contributed by atoms with Gasteiger partial charge in [0.05, 0.1) is 17.4 Å². The fourth-order valence-corrected chi connectivity index (χ4v) is 3.52. The summed E-state index contributed by atoms with van der Waals surface area (Å²) in [5, 5.41) is 12.3. The minimum Gasteiger partial charge on any atom is -0.481 e. The number of carbonyl (C=O) groups excluding carboxylic acids is 1. The zero-order valence-electron chi connectivity index (χ0n) is 12.5. The fraction of sp³-hybridized carbons (Fsp3) is 0.867. The van der Waals surface area contributed by atoms with Crippen LogP contribution in [0.1, 0.15) is 46.5 Å². The Kier molecular flexibility index (Phi) is 4.37. The molecule has 4 unspecified atom stereocenters. The van der Waals surface area contributed by atoms with Crippen molar-refractivity contribution in [2.24, 2.45) is 17.8 Å². The van der Waals surface area contributed by atoms with Crippen molar-refractivity contribution in [1.29, 1.82) is 0 Å². The van der Waals surface area contributed by atoms with Crippen molar-refractivity contribution in [1.82, 2.24) is 5.32 Å². The number of rotatable bonds is 3. The van der Waals surface area contributed by atoms with Gasteiger partial charge in [0.15, 0.2) is 0 Å². The molecule has 1 saturated carbocycles. The van der Waals surface area contributed by atoms with Crippen LogP contribution in [0.4, 0.5) is 0 Å². The third-order valence-electron chi connectivity index (χ3n) is 4.50. The lowest BCUT2D eigenvalue weighted by Crippen LogP contribution is -2.48. The van der Waals surface area contributed by atoms with Crippen LogP contribution in [0.5, 0.6) is 0 Å². The van der Waals surface area contributed by atoms with Gasteiger partial charge in [0, 0.05) is 12.6 Å². The third kappa shape index (κ3) is 3.51. The predicted octanol–water partition coefficient (Wildman–Crippen LogP) is 1.81. The Labute approximate surface area is 120 Å². The summed E-state index contributed by atoms with van der Waals surface area (Å²) in [7, 11) is 0. The summed E-state index contributed by atoms with van der Waals surface area (Å²) in [6.07, 6.45) is 2.86. The molecular weight excluding hydrogens is 258 g/mol. The van der Waals surface area contributed by atoms with Gasteiger partial charge in [-0.1, -0.05) is 6.92 Å². The molecule has 0 aromatic carbocycles. The maximum Gasteiger partial charge on any atom is 0.307 e. The van der Waals surface area contributed by atoms with E-state index in [1.165, 1.54) is 0 Å². The van der Waals surface area contributed by atoms with Crippen molar-refractivity contribution < 1.29 is 19.4 Å². The highest BCUT2D eigenvalue weighted by atomic mass is 16.5. The van der Waals surface area contributed by atoms with Crippen molar-refractivity contribution in [2.75, 3.05) is 6.61 Å². The van der Waals surface area contributed by atoms with Gasteiger partial charge >= 0.3 is 5.97 Å². The first kappa shape index (κ1) is 15.3. The fourth-order valence-electron chi connectivity index (χ4n) is 3.52. The quantitative estimate of drug-likeness (QED) is 0.828. The van der Waals surface area contributed by atoms with Crippen molar-refractivity contribution in [2.45, 2.75) is 58.1 Å². The van der Waals surface area contributed by atoms with Crippen LogP contribution in [-0.2, 0) is 14.3 Å². The van der Waals surface area contributed by atoms with E-state index in [0.29, 0.717) is 25.4 Å². The lowest BCUT2D eigenvalue weighted by Gasteiger charge is -2.36. The second kappa shape index (κ2) is 5.72. The first-order chi connectivity index (χ1) is 9.28. The number of hydrogen-bond acceptors (Lipinski definition) is 3. The van der Waals surface area contributed by atoms with Gasteiger partial charge in [0.25, 0.3) is 0 Å². The minimum absolute atomic E-state index is 0.0931. The van der Waals surface area contributed by atoms with Gasteiger partial charge < -0.3 is 15.2 Å². The molecule has 0 spiro atoms. The molecule has 2 N–H and O–H groups in total. The van der Waals surface area contributed by atoms with E-state index in [1.807, 2.05) is 20.8 Å². The lowest BCUT2D eigenvalue weighted by atomic mass is 9.91. The van der Waals surface area contributed by atoms with Gasteiger partial charge in [-0.25, -0.2) is 0 Å². The Morgan fingerprint density at radius 2 is 1.90 bits per heavy atom. The molecule has 1 saturated heterocycles. The van der Waals surface area contributed by atoms with Gasteiger partial charge in [-0.3, -0.25) is 9.59 Å². The van der Waals surface area contributed by atoms with Crippen molar-refractivity contribution >= 4 is 11.9 Å². The van der Waals surface area contributed by atoms with Crippen LogP contribution < -0.4 is 5.32 Å². The molecule has 0 bridgehead atoms. The summed E-state index contributed by atoms with van der Waals surface area (Å²) in [5.74, 6) is -1.55. The van der Waals surface area contributed by atoms with Gasteiger partial charge in [0.1, 0.15) is 0 Å². The van der Waals surface area contributed by atoms with Crippen LogP contribution in [0.2, 0.25) is 0 Å². The standard InChI is InChI=1S/C15H25NO4/c1-9-6-11(12(7-9)14(18)19)13(17)16-10-4-5-20-15(2,3)8-10/h9-12H,4-8H2,1-3H3,(H,16,17)(H,18,19). The number of hydrogen-bond donors (Lipinski definition) is 2. The van der Waals surface area contributed by atoms with Crippen LogP contribution >= 0.6 is 0 Å². The van der Waals surface area contributed by atoms with E-state index in [9.17, 15) is 14.7 Å². The molecule has 2 rings (SSSR count). The van der Waals surface area contributed by atoms with Crippen LogP contribution in [0.15, 0.2) is 0 Å². The summed E-state index contributed by atoms with van der Waals surface area (Å²) < 4.78 is 5.63. The number of amides is 1. The third-order valence-corrected chi connectivity index (χ3v) is 4.50. The highest BCUT2D eigenvalue weighted by Crippen LogP contribution is 2.37. The largest absolute Gasteiger partial charge is 0.481 e. The molecule has 4 atom stereocenters. The summed E-state index contributed by atoms with van der Waals surface area (Å²) in [5.41, 5.74) is -0.217. The number of carboxylic acids is 1. The molecule has 114 valence electrons. The Morgan fingerprint density at radius 1 is 1.25 bits per heavy atom. The zero-order valence-corrected chi connectivity index (χ0v) is 12.5. The van der Waals surface area contributed by atoms with E-state index in [-0.39, 0.29) is 23.5 Å². The second-order valence-electron chi connectivity index (χ2n) is 6.93. The maximum absolute atomic E-state index is 12.4. The van der Waals surface area contributed by atoms with E-state index in [0.717, 1.165) is 12.8 Å². The lowest BCUT2D eigenvalue weighted by molar-refractivity contribution is -0.146. The number of carbonyl (C=O) groups is 2. The van der Waals surface area contributed by atoms with Crippen LogP contribution in [0.25, 0.3) is 0 Å². The normalized spacial score (nSPS) is 36.5. The SMILES string of the molecule is CC1CC(C(=O)O)C(C(=O)NC2CCOC(C)(C)C2)C1. The van der Waals surface area contributed by atoms with E-state index >= 15 is 0 Å². The smallest absolute Gasteiger partial charge is 0.307 e. The molecular formula is C15H25NO4. The second-order valence-corrected chi connectivity index (χ2v) is 6.93. The Hall–Kier alpha value is -1.10. The van der Waals surface area contributed by atoms with Crippen molar-refractivity contribution in [3.8, 4) is 0 Å². The molecule has 1 aliphatic heterocycles. The van der Waals surface area contributed by atoms with Crippen LogP contribution in [-0.4, -0.2) is 35.2 Å². The molecule has 0 aromatic rings. The summed E-state index contributed by atoms with van der Waals surface area (Å²) in [6.45, 7) is 6.69. The number of nitrogens with one attached hydrogen (secondary N) is 1. The molecule has 1 aliphatic carbocycles. The maximum atomic E-state index is 12.4. The van der Waals surface area contributed by atoms with Crippen LogP contribution in [0.3, 0.4) is 0 Å². The van der Waals surface area contributed by atoms with Gasteiger partial charge in [-0.05, 0) is 45.4 Å². The molecule has 1 heterocycles. The van der Waals surface area contributed by atoms with E-state index in [1.54, 1.807) is 0 Å². The molecule has 1 amide bonds. The Morgan fingerprint density at radius 3 is 2.50 bits per heavy atom. The predicted molar refractivity (Wildman–Crippen MR) is 74.2 cm³/mol. The molecule has 5 heteroatoms. The number of carboxylic acid groups (broad SMARTS) is 1. The molecule has 2 fully saturated rings. The number of aliphatic carboxylic acids is 1. The Bertz CT molecular complexity index is 393. The van der Waals surface area contributed by atoms with Crippen molar-refractivity contribution in [3.63, 3.8) is 0 Å². The molecule has 0 radical (unpaired) electrons. The van der Waals surface area contributed by atoms with Gasteiger partial charge in [-0.15, -0.1) is 0 Å². The molecule has 0 aromatic heterocycles. The average molecular weight is 283 g/mol. The summed E-state index contributed by atoms with van der Waals surface area (Å²) in [6, 6.07) is 0.0941. The zero-order chi connectivity index (χ0) is 14.9. The molecule has 2 aliphatic rings. The average Bonchev–Trinajstić information content (AvgIpc) is 2.70. The monoisotopic (exact) mass is 283 g/mol.